The summed E-state index contributed by atoms with van der Waals surface area (Å²) in [5, 5.41) is 7.05. The molecule has 2 nitrogen and oxygen atoms in total. The Labute approximate surface area is 76.1 Å². The summed E-state index contributed by atoms with van der Waals surface area (Å²) in [6.45, 7) is 11.3. The van der Waals surface area contributed by atoms with Crippen molar-refractivity contribution in [3.63, 3.8) is 0 Å². The van der Waals surface area contributed by atoms with Gasteiger partial charge in [0.2, 0.25) is 0 Å². The largest absolute Gasteiger partial charge is 0.312 e. The molecule has 2 atom stereocenters. The molecule has 1 fully saturated rings. The first kappa shape index (κ1) is 10.0. The van der Waals surface area contributed by atoms with Crippen molar-refractivity contribution in [2.45, 2.75) is 45.7 Å². The van der Waals surface area contributed by atoms with Crippen molar-refractivity contribution >= 4 is 0 Å². The quantitative estimate of drug-likeness (QED) is 0.654. The molecule has 0 saturated carbocycles. The van der Waals surface area contributed by atoms with Crippen molar-refractivity contribution in [1.29, 1.82) is 0 Å². The minimum atomic E-state index is 0.254. The molecule has 0 aromatic rings. The van der Waals surface area contributed by atoms with E-state index in [0.29, 0.717) is 6.04 Å². The average Bonchev–Trinajstić information content (AvgIpc) is 2.29. The number of nitrogens with one attached hydrogen (secondary N) is 2. The molecule has 1 heterocycles. The molecule has 1 rings (SSSR count). The highest BCUT2D eigenvalue weighted by molar-refractivity contribution is 4.84. The molecular weight excluding hydrogens is 148 g/mol. The third-order valence-electron chi connectivity index (χ3n) is 2.55. The van der Waals surface area contributed by atoms with Gasteiger partial charge in [0, 0.05) is 18.1 Å². The van der Waals surface area contributed by atoms with E-state index in [4.69, 9.17) is 0 Å². The third-order valence-corrected chi connectivity index (χ3v) is 2.55. The summed E-state index contributed by atoms with van der Waals surface area (Å²) >= 11 is 0. The fourth-order valence-electron chi connectivity index (χ4n) is 1.59. The lowest BCUT2D eigenvalue weighted by Gasteiger charge is -2.25. The fourth-order valence-corrected chi connectivity index (χ4v) is 1.59. The van der Waals surface area contributed by atoms with E-state index >= 15 is 0 Å². The van der Waals surface area contributed by atoms with Crippen LogP contribution in [0.15, 0.2) is 0 Å². The average molecular weight is 170 g/mol. The molecule has 72 valence electrons. The predicted molar refractivity (Wildman–Crippen MR) is 53.3 cm³/mol. The Morgan fingerprint density at radius 1 is 1.42 bits per heavy atom. The third kappa shape index (κ3) is 3.11. The Morgan fingerprint density at radius 3 is 2.50 bits per heavy atom. The maximum atomic E-state index is 3.53. The van der Waals surface area contributed by atoms with E-state index in [1.54, 1.807) is 0 Å². The van der Waals surface area contributed by atoms with E-state index in [-0.39, 0.29) is 5.54 Å². The lowest BCUT2D eigenvalue weighted by molar-refractivity contribution is 0.366. The Kier molecular flexibility index (Phi) is 3.13. The SMILES string of the molecule is CC1CCNC1CNC(C)(C)C. The first-order valence-electron chi connectivity index (χ1n) is 4.97. The first-order chi connectivity index (χ1) is 5.49. The van der Waals surface area contributed by atoms with Crippen LogP contribution in [0.1, 0.15) is 34.1 Å². The summed E-state index contributed by atoms with van der Waals surface area (Å²) in [7, 11) is 0. The Morgan fingerprint density at radius 2 is 2.08 bits per heavy atom. The van der Waals surface area contributed by atoms with Gasteiger partial charge in [0.1, 0.15) is 0 Å². The van der Waals surface area contributed by atoms with Crippen molar-refractivity contribution in [3.05, 3.63) is 0 Å². The highest BCUT2D eigenvalue weighted by Crippen LogP contribution is 2.14. The van der Waals surface area contributed by atoms with Crippen LogP contribution in [0.25, 0.3) is 0 Å². The maximum Gasteiger partial charge on any atom is 0.0218 e. The molecule has 0 bridgehead atoms. The van der Waals surface area contributed by atoms with E-state index in [1.165, 1.54) is 13.0 Å². The van der Waals surface area contributed by atoms with E-state index in [9.17, 15) is 0 Å². The second-order valence-corrected chi connectivity index (χ2v) is 4.96. The molecular formula is C10H22N2. The van der Waals surface area contributed by atoms with Gasteiger partial charge in [-0.25, -0.2) is 0 Å². The molecule has 0 amide bonds. The summed E-state index contributed by atoms with van der Waals surface area (Å²) in [6.07, 6.45) is 1.33. The van der Waals surface area contributed by atoms with Gasteiger partial charge in [-0.2, -0.15) is 0 Å². The van der Waals surface area contributed by atoms with Gasteiger partial charge < -0.3 is 10.6 Å². The number of rotatable bonds is 2. The predicted octanol–water partition coefficient (Wildman–Crippen LogP) is 1.37. The van der Waals surface area contributed by atoms with Crippen molar-refractivity contribution in [2.24, 2.45) is 5.92 Å². The first-order valence-corrected chi connectivity index (χ1v) is 4.97. The van der Waals surface area contributed by atoms with Gasteiger partial charge in [0.25, 0.3) is 0 Å². The Bertz CT molecular complexity index is 137. The van der Waals surface area contributed by atoms with E-state index in [2.05, 4.69) is 38.3 Å². The van der Waals surface area contributed by atoms with E-state index in [0.717, 1.165) is 12.5 Å². The fraction of sp³-hybridized carbons (Fsp3) is 1.00. The van der Waals surface area contributed by atoms with Crippen molar-refractivity contribution in [1.82, 2.24) is 10.6 Å². The molecule has 0 aromatic heterocycles. The molecule has 0 aliphatic carbocycles. The van der Waals surface area contributed by atoms with Gasteiger partial charge in [-0.3, -0.25) is 0 Å². The molecule has 1 aliphatic rings. The normalized spacial score (nSPS) is 31.0. The van der Waals surface area contributed by atoms with Gasteiger partial charge in [0.15, 0.2) is 0 Å². The zero-order valence-electron chi connectivity index (χ0n) is 8.78. The molecule has 12 heavy (non-hydrogen) atoms. The van der Waals surface area contributed by atoms with Gasteiger partial charge in [-0.1, -0.05) is 6.92 Å². The van der Waals surface area contributed by atoms with Crippen LogP contribution in [-0.4, -0.2) is 24.7 Å². The molecule has 0 spiro atoms. The monoisotopic (exact) mass is 170 g/mol. The van der Waals surface area contributed by atoms with Crippen molar-refractivity contribution in [2.75, 3.05) is 13.1 Å². The molecule has 2 N–H and O–H groups in total. The van der Waals surface area contributed by atoms with Gasteiger partial charge in [-0.05, 0) is 39.7 Å². The zero-order valence-corrected chi connectivity index (χ0v) is 8.78. The van der Waals surface area contributed by atoms with Crippen LogP contribution in [0.2, 0.25) is 0 Å². The second-order valence-electron chi connectivity index (χ2n) is 4.96. The molecule has 2 unspecified atom stereocenters. The van der Waals surface area contributed by atoms with Gasteiger partial charge in [0.05, 0.1) is 0 Å². The van der Waals surface area contributed by atoms with Gasteiger partial charge in [-0.15, -0.1) is 0 Å². The van der Waals surface area contributed by atoms with Crippen LogP contribution in [0, 0.1) is 5.92 Å². The Balaban J connectivity index is 2.23. The molecule has 0 radical (unpaired) electrons. The van der Waals surface area contributed by atoms with Crippen LogP contribution in [0.3, 0.4) is 0 Å². The van der Waals surface area contributed by atoms with Crippen molar-refractivity contribution < 1.29 is 0 Å². The van der Waals surface area contributed by atoms with Crippen LogP contribution < -0.4 is 10.6 Å². The molecule has 1 saturated heterocycles. The minimum absolute atomic E-state index is 0.254. The molecule has 2 heteroatoms. The summed E-state index contributed by atoms with van der Waals surface area (Å²) < 4.78 is 0. The zero-order chi connectivity index (χ0) is 9.19. The van der Waals surface area contributed by atoms with Crippen LogP contribution >= 0.6 is 0 Å². The van der Waals surface area contributed by atoms with Crippen LogP contribution in [0.5, 0.6) is 0 Å². The highest BCUT2D eigenvalue weighted by Gasteiger charge is 2.23. The van der Waals surface area contributed by atoms with E-state index in [1.807, 2.05) is 0 Å². The summed E-state index contributed by atoms with van der Waals surface area (Å²) in [4.78, 5) is 0. The molecule has 0 aromatic carbocycles. The number of hydrogen-bond donors (Lipinski definition) is 2. The minimum Gasteiger partial charge on any atom is -0.312 e. The van der Waals surface area contributed by atoms with Gasteiger partial charge >= 0.3 is 0 Å². The summed E-state index contributed by atoms with van der Waals surface area (Å²) in [5.41, 5.74) is 0.254. The number of hydrogen-bond acceptors (Lipinski definition) is 2. The lowest BCUT2D eigenvalue weighted by atomic mass is 10.0. The van der Waals surface area contributed by atoms with E-state index < -0.39 is 0 Å². The van der Waals surface area contributed by atoms with Crippen LogP contribution in [0.4, 0.5) is 0 Å². The topological polar surface area (TPSA) is 24.1 Å². The summed E-state index contributed by atoms with van der Waals surface area (Å²) in [5.74, 6) is 0.833. The van der Waals surface area contributed by atoms with Crippen molar-refractivity contribution in [3.8, 4) is 0 Å². The highest BCUT2D eigenvalue weighted by atomic mass is 15.0. The summed E-state index contributed by atoms with van der Waals surface area (Å²) in [6, 6.07) is 0.684. The van der Waals surface area contributed by atoms with Crippen LogP contribution in [-0.2, 0) is 0 Å². The maximum absolute atomic E-state index is 3.53. The molecule has 1 aliphatic heterocycles. The second kappa shape index (κ2) is 3.75. The Hall–Kier alpha value is -0.0800. The lowest BCUT2D eigenvalue weighted by Crippen LogP contribution is -2.45. The standard InChI is InChI=1S/C10H22N2/c1-8-5-6-11-9(8)7-12-10(2,3)4/h8-9,11-12H,5-7H2,1-4H3. The smallest absolute Gasteiger partial charge is 0.0218 e.